The maximum atomic E-state index is 12.1. The zero-order valence-corrected chi connectivity index (χ0v) is 16.2. The highest BCUT2D eigenvalue weighted by Crippen LogP contribution is 2.30. The molecule has 0 spiro atoms. The summed E-state index contributed by atoms with van der Waals surface area (Å²) in [6.45, 7) is 0.206. The molecule has 0 fully saturated rings. The summed E-state index contributed by atoms with van der Waals surface area (Å²) in [5.74, 6) is -0.338. The van der Waals surface area contributed by atoms with Gasteiger partial charge in [0.1, 0.15) is 6.61 Å². The second-order valence-electron chi connectivity index (χ2n) is 6.23. The second-order valence-corrected chi connectivity index (χ2v) is 6.23. The molecule has 0 aromatic heterocycles. The van der Waals surface area contributed by atoms with Gasteiger partial charge in [-0.1, -0.05) is 36.4 Å². The second kappa shape index (κ2) is 9.88. The molecule has 0 atom stereocenters. The number of carbonyl (C=O) groups excluding carboxylic acids is 1. The summed E-state index contributed by atoms with van der Waals surface area (Å²) in [5, 5.41) is 13.0. The highest BCUT2D eigenvalue weighted by atomic mass is 16.5. The quantitative estimate of drug-likeness (QED) is 0.440. The smallest absolute Gasteiger partial charge is 0.335 e. The van der Waals surface area contributed by atoms with Crippen LogP contribution in [0.5, 0.6) is 11.5 Å². The molecule has 0 aliphatic rings. The monoisotopic (exact) mass is 404 g/mol. The zero-order valence-electron chi connectivity index (χ0n) is 16.2. The predicted octanol–water partition coefficient (Wildman–Crippen LogP) is 3.74. The fourth-order valence-corrected chi connectivity index (χ4v) is 2.66. The van der Waals surface area contributed by atoms with Crippen molar-refractivity contribution in [2.75, 3.05) is 7.11 Å². The number of amides is 1. The van der Waals surface area contributed by atoms with E-state index in [0.29, 0.717) is 22.6 Å². The lowest BCUT2D eigenvalue weighted by molar-refractivity contribution is 0.0696. The molecule has 0 unspecified atom stereocenters. The lowest BCUT2D eigenvalue weighted by Gasteiger charge is -2.13. The molecule has 152 valence electrons. The molecular weight excluding hydrogens is 384 g/mol. The summed E-state index contributed by atoms with van der Waals surface area (Å²) in [4.78, 5) is 23.1. The lowest BCUT2D eigenvalue weighted by atomic mass is 10.1. The Morgan fingerprint density at radius 2 is 1.70 bits per heavy atom. The molecule has 0 aliphatic carbocycles. The molecule has 3 aromatic carbocycles. The van der Waals surface area contributed by atoms with Crippen molar-refractivity contribution in [2.45, 2.75) is 6.61 Å². The van der Waals surface area contributed by atoms with E-state index in [2.05, 4.69) is 10.5 Å². The number of hydrogen-bond acceptors (Lipinski definition) is 5. The van der Waals surface area contributed by atoms with Crippen LogP contribution in [0.3, 0.4) is 0 Å². The van der Waals surface area contributed by atoms with E-state index >= 15 is 0 Å². The highest BCUT2D eigenvalue weighted by Gasteiger charge is 2.11. The van der Waals surface area contributed by atoms with Gasteiger partial charge in [-0.25, -0.2) is 10.2 Å². The SMILES string of the molecule is COc1cccc(/C=N\NC(=O)c2ccccc2)c1OCc1ccc(C(=O)O)cc1. The molecule has 0 heterocycles. The molecule has 2 N–H and O–H groups in total. The largest absolute Gasteiger partial charge is 0.493 e. The van der Waals surface area contributed by atoms with Gasteiger partial charge in [0.15, 0.2) is 11.5 Å². The molecule has 3 aromatic rings. The van der Waals surface area contributed by atoms with Crippen LogP contribution < -0.4 is 14.9 Å². The third-order valence-corrected chi connectivity index (χ3v) is 4.22. The van der Waals surface area contributed by atoms with E-state index in [1.54, 1.807) is 54.6 Å². The van der Waals surface area contributed by atoms with Gasteiger partial charge in [0.2, 0.25) is 0 Å². The van der Waals surface area contributed by atoms with Crippen molar-refractivity contribution < 1.29 is 24.2 Å². The maximum Gasteiger partial charge on any atom is 0.335 e. The summed E-state index contributed by atoms with van der Waals surface area (Å²) in [6.07, 6.45) is 1.48. The topological polar surface area (TPSA) is 97.2 Å². The van der Waals surface area contributed by atoms with Gasteiger partial charge in [0, 0.05) is 11.1 Å². The highest BCUT2D eigenvalue weighted by molar-refractivity contribution is 5.95. The predicted molar refractivity (Wildman–Crippen MR) is 112 cm³/mol. The van der Waals surface area contributed by atoms with Crippen LogP contribution in [0.15, 0.2) is 77.9 Å². The van der Waals surface area contributed by atoms with Crippen molar-refractivity contribution in [3.8, 4) is 11.5 Å². The number of ether oxygens (including phenoxy) is 2. The zero-order chi connectivity index (χ0) is 21.3. The standard InChI is InChI=1S/C23H20N2O5/c1-29-20-9-5-8-19(14-24-25-22(26)17-6-3-2-4-7-17)21(20)30-15-16-10-12-18(13-11-16)23(27)28/h2-14H,15H2,1H3,(H,25,26)(H,27,28)/b24-14-. The summed E-state index contributed by atoms with van der Waals surface area (Å²) < 4.78 is 11.3. The Balaban J connectivity index is 1.72. The number of carboxylic acid groups (broad SMARTS) is 1. The first-order chi connectivity index (χ1) is 14.6. The third kappa shape index (κ3) is 5.23. The number of para-hydroxylation sites is 1. The van der Waals surface area contributed by atoms with Crippen molar-refractivity contribution >= 4 is 18.1 Å². The van der Waals surface area contributed by atoms with Crippen LogP contribution in [-0.2, 0) is 6.61 Å². The van der Waals surface area contributed by atoms with Crippen molar-refractivity contribution in [1.29, 1.82) is 0 Å². The van der Waals surface area contributed by atoms with E-state index in [-0.39, 0.29) is 18.1 Å². The number of aromatic carboxylic acids is 1. The van der Waals surface area contributed by atoms with Crippen molar-refractivity contribution in [2.24, 2.45) is 5.10 Å². The van der Waals surface area contributed by atoms with Crippen LogP contribution >= 0.6 is 0 Å². The van der Waals surface area contributed by atoms with Gasteiger partial charge >= 0.3 is 5.97 Å². The van der Waals surface area contributed by atoms with E-state index in [9.17, 15) is 9.59 Å². The minimum Gasteiger partial charge on any atom is -0.493 e. The van der Waals surface area contributed by atoms with Crippen molar-refractivity contribution in [3.05, 3.63) is 95.1 Å². The number of methoxy groups -OCH3 is 1. The van der Waals surface area contributed by atoms with Crippen LogP contribution in [0, 0.1) is 0 Å². The van der Waals surface area contributed by atoms with Gasteiger partial charge in [0.25, 0.3) is 5.91 Å². The van der Waals surface area contributed by atoms with Gasteiger partial charge in [-0.05, 0) is 42.0 Å². The van der Waals surface area contributed by atoms with Gasteiger partial charge < -0.3 is 14.6 Å². The molecule has 3 rings (SSSR count). The first-order valence-electron chi connectivity index (χ1n) is 9.09. The normalized spacial score (nSPS) is 10.6. The summed E-state index contributed by atoms with van der Waals surface area (Å²) in [6, 6.07) is 20.5. The van der Waals surface area contributed by atoms with E-state index in [4.69, 9.17) is 14.6 Å². The Bertz CT molecular complexity index is 1050. The molecule has 7 heteroatoms. The number of hydrazone groups is 1. The Labute approximate surface area is 173 Å². The first-order valence-corrected chi connectivity index (χ1v) is 9.09. The van der Waals surface area contributed by atoms with Crippen LogP contribution in [0.4, 0.5) is 0 Å². The number of rotatable bonds is 8. The average molecular weight is 404 g/mol. The Hall–Kier alpha value is -4.13. The maximum absolute atomic E-state index is 12.1. The Morgan fingerprint density at radius 3 is 2.37 bits per heavy atom. The van der Waals surface area contributed by atoms with E-state index in [1.165, 1.54) is 25.5 Å². The van der Waals surface area contributed by atoms with Crippen molar-refractivity contribution in [3.63, 3.8) is 0 Å². The van der Waals surface area contributed by atoms with E-state index in [1.807, 2.05) is 6.07 Å². The number of carboxylic acids is 1. The molecule has 1 amide bonds. The van der Waals surface area contributed by atoms with E-state index in [0.717, 1.165) is 5.56 Å². The molecule has 0 bridgehead atoms. The van der Waals surface area contributed by atoms with Crippen LogP contribution in [0.2, 0.25) is 0 Å². The van der Waals surface area contributed by atoms with Gasteiger partial charge in [-0.2, -0.15) is 5.10 Å². The lowest BCUT2D eigenvalue weighted by Crippen LogP contribution is -2.17. The number of nitrogens with one attached hydrogen (secondary N) is 1. The van der Waals surface area contributed by atoms with E-state index < -0.39 is 5.97 Å². The first kappa shape index (κ1) is 20.6. The molecule has 7 nitrogen and oxygen atoms in total. The minimum absolute atomic E-state index is 0.206. The molecular formula is C23H20N2O5. The fraction of sp³-hybridized carbons (Fsp3) is 0.0870. The summed E-state index contributed by atoms with van der Waals surface area (Å²) in [5.41, 5.74) is 4.60. The van der Waals surface area contributed by atoms with Gasteiger partial charge in [-0.3, -0.25) is 4.79 Å². The van der Waals surface area contributed by atoms with Crippen LogP contribution in [-0.4, -0.2) is 30.3 Å². The van der Waals surface area contributed by atoms with Gasteiger partial charge in [0.05, 0.1) is 18.9 Å². The Kier molecular flexibility index (Phi) is 6.78. The minimum atomic E-state index is -0.983. The summed E-state index contributed by atoms with van der Waals surface area (Å²) >= 11 is 0. The number of hydrogen-bond donors (Lipinski definition) is 2. The third-order valence-electron chi connectivity index (χ3n) is 4.22. The number of nitrogens with zero attached hydrogens (tertiary/aromatic N) is 1. The molecule has 30 heavy (non-hydrogen) atoms. The van der Waals surface area contributed by atoms with Gasteiger partial charge in [-0.15, -0.1) is 0 Å². The number of carbonyl (C=O) groups is 2. The molecule has 0 aliphatic heterocycles. The molecule has 0 radical (unpaired) electrons. The fourth-order valence-electron chi connectivity index (χ4n) is 2.66. The number of benzene rings is 3. The van der Waals surface area contributed by atoms with Crippen LogP contribution in [0.25, 0.3) is 0 Å². The molecule has 0 saturated heterocycles. The molecule has 0 saturated carbocycles. The van der Waals surface area contributed by atoms with Crippen molar-refractivity contribution in [1.82, 2.24) is 5.43 Å². The van der Waals surface area contributed by atoms with Crippen LogP contribution in [0.1, 0.15) is 31.8 Å². The average Bonchev–Trinajstić information content (AvgIpc) is 2.78. The summed E-state index contributed by atoms with van der Waals surface area (Å²) in [7, 11) is 1.53. The Morgan fingerprint density at radius 1 is 0.967 bits per heavy atom.